The Kier molecular flexibility index (Phi) is 5.41. The van der Waals surface area contributed by atoms with Crippen molar-refractivity contribution in [3.63, 3.8) is 0 Å². The number of anilines is 3. The van der Waals surface area contributed by atoms with E-state index in [1.165, 1.54) is 0 Å². The first-order chi connectivity index (χ1) is 15.2. The second kappa shape index (κ2) is 7.74. The Morgan fingerprint density at radius 3 is 2.42 bits per heavy atom. The molecule has 0 saturated carbocycles. The molecule has 2 N–H and O–H groups in total. The van der Waals surface area contributed by atoms with Crippen molar-refractivity contribution < 1.29 is 40.2 Å². The van der Waals surface area contributed by atoms with Crippen molar-refractivity contribution in [3.05, 3.63) is 35.7 Å². The van der Waals surface area contributed by atoms with Crippen molar-refractivity contribution in [2.45, 2.75) is 37.0 Å². The van der Waals surface area contributed by atoms with Gasteiger partial charge in [0.05, 0.1) is 13.1 Å². The van der Waals surface area contributed by atoms with Gasteiger partial charge in [0, 0.05) is 23.9 Å². The van der Waals surface area contributed by atoms with Gasteiger partial charge in [-0.1, -0.05) is 0 Å². The number of rotatable bonds is 4. The van der Waals surface area contributed by atoms with E-state index in [1.807, 2.05) is 0 Å². The second-order valence-corrected chi connectivity index (χ2v) is 7.54. The number of hydrogen-bond acceptors (Lipinski definition) is 7. The van der Waals surface area contributed by atoms with Crippen molar-refractivity contribution in [2.75, 3.05) is 23.3 Å². The van der Waals surface area contributed by atoms with Crippen LogP contribution in [0, 0.1) is 0 Å². The minimum atomic E-state index is -4.76. The number of aliphatic hydroxyl groups excluding tert-OH is 1. The van der Waals surface area contributed by atoms with E-state index in [-0.39, 0.29) is 11.6 Å². The van der Waals surface area contributed by atoms with Crippen LogP contribution in [0.25, 0.3) is 5.57 Å². The van der Waals surface area contributed by atoms with Crippen LogP contribution in [-0.4, -0.2) is 56.1 Å². The third-order valence-electron chi connectivity index (χ3n) is 4.96. The average molecular weight is 482 g/mol. The highest BCUT2D eigenvalue weighted by molar-refractivity contribution is 5.67. The normalized spacial score (nSPS) is 22.2. The van der Waals surface area contributed by atoms with Crippen LogP contribution in [0.3, 0.4) is 0 Å². The summed E-state index contributed by atoms with van der Waals surface area (Å²) in [6, 6.07) is 1.77. The van der Waals surface area contributed by atoms with Crippen LogP contribution in [0.15, 0.2) is 24.2 Å². The van der Waals surface area contributed by atoms with E-state index in [0.717, 1.165) is 17.2 Å². The van der Waals surface area contributed by atoms with Crippen molar-refractivity contribution >= 4 is 23.2 Å². The zero-order valence-electron chi connectivity index (χ0n) is 16.3. The SMILES string of the molecule is OC1C(F)=C(c2nc(Nc3ccnc(C(F)(F)F)c3)nc(N3CC(F)(F)C3)n2)CCC1(F)F. The Morgan fingerprint density at radius 2 is 1.79 bits per heavy atom. The van der Waals surface area contributed by atoms with Gasteiger partial charge in [-0.05, 0) is 18.6 Å². The minimum absolute atomic E-state index is 0.181. The summed E-state index contributed by atoms with van der Waals surface area (Å²) in [5, 5.41) is 12.0. The van der Waals surface area contributed by atoms with Crippen molar-refractivity contribution in [2.24, 2.45) is 0 Å². The fourth-order valence-electron chi connectivity index (χ4n) is 3.26. The fourth-order valence-corrected chi connectivity index (χ4v) is 3.26. The molecule has 178 valence electrons. The fraction of sp³-hybridized carbons (Fsp3) is 0.444. The van der Waals surface area contributed by atoms with Gasteiger partial charge in [-0.2, -0.15) is 28.1 Å². The topological polar surface area (TPSA) is 87.1 Å². The Hall–Kier alpha value is -3.10. The maximum atomic E-state index is 14.5. The largest absolute Gasteiger partial charge is 0.433 e. The van der Waals surface area contributed by atoms with Gasteiger partial charge in [0.15, 0.2) is 11.9 Å². The highest BCUT2D eigenvalue weighted by Crippen LogP contribution is 2.41. The number of pyridine rings is 1. The van der Waals surface area contributed by atoms with E-state index in [4.69, 9.17) is 0 Å². The van der Waals surface area contributed by atoms with Crippen LogP contribution in [0.4, 0.5) is 52.7 Å². The maximum absolute atomic E-state index is 14.5. The molecule has 0 bridgehead atoms. The Labute approximate surface area is 180 Å². The van der Waals surface area contributed by atoms with Gasteiger partial charge in [-0.3, -0.25) is 4.98 Å². The highest BCUT2D eigenvalue weighted by Gasteiger charge is 2.47. The molecule has 0 radical (unpaired) electrons. The van der Waals surface area contributed by atoms with Gasteiger partial charge in [0.1, 0.15) is 11.5 Å². The summed E-state index contributed by atoms with van der Waals surface area (Å²) >= 11 is 0. The smallest absolute Gasteiger partial charge is 0.380 e. The van der Waals surface area contributed by atoms with Crippen LogP contribution < -0.4 is 10.2 Å². The average Bonchev–Trinajstić information content (AvgIpc) is 2.70. The predicted octanol–water partition coefficient (Wildman–Crippen LogP) is 3.95. The number of halogens is 8. The number of nitrogens with one attached hydrogen (secondary N) is 1. The number of nitrogens with zero attached hydrogens (tertiary/aromatic N) is 5. The molecule has 1 unspecified atom stereocenters. The summed E-state index contributed by atoms with van der Waals surface area (Å²) in [7, 11) is 0. The quantitative estimate of drug-likeness (QED) is 0.639. The summed E-state index contributed by atoms with van der Waals surface area (Å²) < 4.78 is 107. The Bertz CT molecular complexity index is 1100. The number of allylic oxidation sites excluding steroid dienone is 1. The molecule has 3 heterocycles. The van der Waals surface area contributed by atoms with Crippen LogP contribution in [-0.2, 0) is 6.18 Å². The number of alkyl halides is 7. The highest BCUT2D eigenvalue weighted by atomic mass is 19.4. The molecule has 1 saturated heterocycles. The van der Waals surface area contributed by atoms with Crippen LogP contribution in [0.5, 0.6) is 0 Å². The molecule has 7 nitrogen and oxygen atoms in total. The standard InChI is InChI=1S/C18H14F8N6O/c19-11-9(1-3-17(22,23)12(11)33)13-29-14(31-15(30-13)32-6-16(20,21)7-32)28-8-2-4-27-10(5-8)18(24,25)26/h2,4-5,12,33H,1,3,6-7H2,(H,27,28,29,30,31). The Balaban J connectivity index is 1.73. The molecule has 2 aromatic heterocycles. The lowest BCUT2D eigenvalue weighted by Gasteiger charge is -2.38. The van der Waals surface area contributed by atoms with E-state index in [0.29, 0.717) is 6.07 Å². The van der Waals surface area contributed by atoms with Crippen LogP contribution in [0.1, 0.15) is 24.4 Å². The van der Waals surface area contributed by atoms with Crippen LogP contribution in [0.2, 0.25) is 0 Å². The van der Waals surface area contributed by atoms with Gasteiger partial charge in [0.25, 0.3) is 11.8 Å². The summed E-state index contributed by atoms with van der Waals surface area (Å²) in [6.45, 7) is -1.57. The predicted molar refractivity (Wildman–Crippen MR) is 97.7 cm³/mol. The minimum Gasteiger partial charge on any atom is -0.380 e. The van der Waals surface area contributed by atoms with E-state index >= 15 is 0 Å². The zero-order valence-corrected chi connectivity index (χ0v) is 16.3. The summed E-state index contributed by atoms with van der Waals surface area (Å²) in [6.07, 6.45) is -8.16. The number of aliphatic hydroxyl groups is 1. The number of hydrogen-bond donors (Lipinski definition) is 2. The molecular formula is C18H14F8N6O. The van der Waals surface area contributed by atoms with Crippen molar-refractivity contribution in [3.8, 4) is 0 Å². The molecular weight excluding hydrogens is 468 g/mol. The van der Waals surface area contributed by atoms with E-state index < -0.39 is 78.9 Å². The lowest BCUT2D eigenvalue weighted by molar-refractivity contribution is -0.141. The Morgan fingerprint density at radius 1 is 1.09 bits per heavy atom. The zero-order chi connectivity index (χ0) is 24.2. The first-order valence-corrected chi connectivity index (χ1v) is 9.39. The molecule has 33 heavy (non-hydrogen) atoms. The van der Waals surface area contributed by atoms with Gasteiger partial charge in [0.2, 0.25) is 11.9 Å². The molecule has 0 amide bonds. The first kappa shape index (κ1) is 23.1. The van der Waals surface area contributed by atoms with Crippen molar-refractivity contribution in [1.29, 1.82) is 0 Å². The number of aromatic nitrogens is 4. The molecule has 1 aliphatic carbocycles. The molecule has 4 rings (SSSR count). The molecule has 2 aliphatic rings. The van der Waals surface area contributed by atoms with Gasteiger partial charge in [-0.25, -0.2) is 22.0 Å². The van der Waals surface area contributed by atoms with Gasteiger partial charge >= 0.3 is 6.18 Å². The summed E-state index contributed by atoms with van der Waals surface area (Å²) in [5.74, 6) is -9.70. The monoisotopic (exact) mass is 482 g/mol. The lowest BCUT2D eigenvalue weighted by Crippen LogP contribution is -2.57. The second-order valence-electron chi connectivity index (χ2n) is 7.54. The molecule has 1 fully saturated rings. The van der Waals surface area contributed by atoms with Crippen molar-refractivity contribution in [1.82, 2.24) is 19.9 Å². The lowest BCUT2D eigenvalue weighted by atomic mass is 9.92. The summed E-state index contributed by atoms with van der Waals surface area (Å²) in [5.41, 5.74) is -1.91. The molecule has 0 spiro atoms. The molecule has 1 atom stereocenters. The molecule has 2 aromatic rings. The molecule has 0 aromatic carbocycles. The molecule has 15 heteroatoms. The third kappa shape index (κ3) is 4.67. The van der Waals surface area contributed by atoms with E-state index in [1.54, 1.807) is 0 Å². The van der Waals surface area contributed by atoms with E-state index in [9.17, 15) is 40.2 Å². The van der Waals surface area contributed by atoms with Crippen LogP contribution >= 0.6 is 0 Å². The first-order valence-electron chi connectivity index (χ1n) is 9.39. The third-order valence-corrected chi connectivity index (χ3v) is 4.96. The molecule has 1 aliphatic heterocycles. The summed E-state index contributed by atoms with van der Waals surface area (Å²) in [4.78, 5) is 15.8. The van der Waals surface area contributed by atoms with Gasteiger partial charge in [-0.15, -0.1) is 0 Å². The van der Waals surface area contributed by atoms with Gasteiger partial charge < -0.3 is 15.3 Å². The maximum Gasteiger partial charge on any atom is 0.433 e. The van der Waals surface area contributed by atoms with E-state index in [2.05, 4.69) is 25.3 Å².